The number of carbonyl (C=O) groups excluding carboxylic acids is 1. The zero-order valence-electron chi connectivity index (χ0n) is 16.4. The molecule has 1 aromatic rings. The van der Waals surface area contributed by atoms with Crippen LogP contribution in [0.1, 0.15) is 57.9 Å². The number of fused-ring (bicyclic) bond motifs is 5. The van der Waals surface area contributed by atoms with E-state index < -0.39 is 0 Å². The highest BCUT2D eigenvalue weighted by Gasteiger charge is 2.60. The van der Waals surface area contributed by atoms with Crippen LogP contribution in [0, 0.1) is 34.5 Å². The van der Waals surface area contributed by atoms with Crippen molar-refractivity contribution in [2.75, 3.05) is 0 Å². The summed E-state index contributed by atoms with van der Waals surface area (Å²) < 4.78 is 5.18. The van der Waals surface area contributed by atoms with E-state index in [4.69, 9.17) is 4.42 Å². The van der Waals surface area contributed by atoms with E-state index in [1.165, 1.54) is 0 Å². The molecule has 1 aromatic heterocycles. The van der Waals surface area contributed by atoms with E-state index in [1.54, 1.807) is 12.5 Å². The first kappa shape index (κ1) is 17.5. The monoisotopic (exact) mass is 366 g/mol. The molecular formula is C24H30O3. The molecule has 3 nitrogen and oxygen atoms in total. The molecule has 0 saturated heterocycles. The number of aliphatic hydroxyl groups excluding tert-OH is 1. The predicted octanol–water partition coefficient (Wildman–Crippen LogP) is 5.02. The second-order valence-corrected chi connectivity index (χ2v) is 9.93. The predicted molar refractivity (Wildman–Crippen MR) is 105 cm³/mol. The lowest BCUT2D eigenvalue weighted by molar-refractivity contribution is -0.130. The third-order valence-corrected chi connectivity index (χ3v) is 8.66. The third kappa shape index (κ3) is 2.47. The van der Waals surface area contributed by atoms with E-state index >= 15 is 0 Å². The van der Waals surface area contributed by atoms with Gasteiger partial charge in [0.05, 0.1) is 18.6 Å². The highest BCUT2D eigenvalue weighted by atomic mass is 16.3. The van der Waals surface area contributed by atoms with Crippen LogP contribution >= 0.6 is 0 Å². The summed E-state index contributed by atoms with van der Waals surface area (Å²) >= 11 is 0. The van der Waals surface area contributed by atoms with Crippen LogP contribution in [0.25, 0.3) is 6.08 Å². The van der Waals surface area contributed by atoms with E-state index in [0.717, 1.165) is 49.7 Å². The van der Waals surface area contributed by atoms with Crippen LogP contribution in [0.15, 0.2) is 40.7 Å². The number of carbonyl (C=O) groups is 1. The first-order chi connectivity index (χ1) is 12.9. The molecule has 0 aliphatic heterocycles. The number of aliphatic hydroxyl groups is 1. The van der Waals surface area contributed by atoms with E-state index in [9.17, 15) is 9.90 Å². The van der Waals surface area contributed by atoms with Crippen LogP contribution in [-0.4, -0.2) is 17.0 Å². The lowest BCUT2D eigenvalue weighted by Crippen LogP contribution is -2.52. The Kier molecular flexibility index (Phi) is 3.85. The molecular weight excluding hydrogens is 336 g/mol. The number of rotatable bonds is 1. The average Bonchev–Trinajstić information content (AvgIpc) is 3.24. The fraction of sp³-hybridized carbons (Fsp3) is 0.625. The number of Topliss-reactive ketones (excluding diaryl/α,β-unsaturated/α-hetero) is 1. The maximum atomic E-state index is 13.3. The zero-order chi connectivity index (χ0) is 18.8. The highest BCUT2D eigenvalue weighted by molar-refractivity contribution is 6.05. The molecule has 0 amide bonds. The molecule has 7 unspecified atom stereocenters. The molecule has 3 heteroatoms. The molecule has 4 aliphatic carbocycles. The van der Waals surface area contributed by atoms with Crippen LogP contribution < -0.4 is 0 Å². The van der Waals surface area contributed by atoms with E-state index in [0.29, 0.717) is 29.5 Å². The summed E-state index contributed by atoms with van der Waals surface area (Å²) in [6.07, 6.45) is 16.0. The molecule has 3 saturated carbocycles. The molecule has 0 spiro atoms. The number of hydrogen-bond acceptors (Lipinski definition) is 3. The van der Waals surface area contributed by atoms with Gasteiger partial charge >= 0.3 is 0 Å². The standard InChI is InChI=1S/C24H30O3/c1-23-8-5-18(25)13-17(23)3-4-19-20(23)6-9-24(2)21(19)12-16(22(24)26)11-15-7-10-27-14-15/h3-4,7,10-11,14,17-21,25H,5-6,8-9,12-13H2,1-2H3/b16-11+. The topological polar surface area (TPSA) is 50.4 Å². The van der Waals surface area contributed by atoms with Gasteiger partial charge in [0.1, 0.15) is 0 Å². The van der Waals surface area contributed by atoms with Gasteiger partial charge in [-0.3, -0.25) is 4.79 Å². The SMILES string of the molecule is CC12CCC3C(C=CC4CC(O)CCC43C)C1C/C(=C\c1ccoc1)C2=O. The normalized spacial score (nSPS) is 47.6. The van der Waals surface area contributed by atoms with Crippen LogP contribution in [0.3, 0.4) is 0 Å². The van der Waals surface area contributed by atoms with Gasteiger partial charge in [0, 0.05) is 11.0 Å². The summed E-state index contributed by atoms with van der Waals surface area (Å²) in [6, 6.07) is 1.92. The van der Waals surface area contributed by atoms with Crippen molar-refractivity contribution in [3.63, 3.8) is 0 Å². The summed E-state index contributed by atoms with van der Waals surface area (Å²) in [6.45, 7) is 4.66. The Morgan fingerprint density at radius 3 is 2.81 bits per heavy atom. The summed E-state index contributed by atoms with van der Waals surface area (Å²) in [4.78, 5) is 13.3. The van der Waals surface area contributed by atoms with Gasteiger partial charge in [0.2, 0.25) is 0 Å². The Morgan fingerprint density at radius 1 is 1.19 bits per heavy atom. The molecule has 0 bridgehead atoms. The number of hydrogen-bond donors (Lipinski definition) is 1. The second-order valence-electron chi connectivity index (χ2n) is 9.93. The lowest BCUT2D eigenvalue weighted by Gasteiger charge is -2.57. The van der Waals surface area contributed by atoms with Crippen molar-refractivity contribution in [1.82, 2.24) is 0 Å². The van der Waals surface area contributed by atoms with Gasteiger partial charge in [-0.1, -0.05) is 26.0 Å². The molecule has 144 valence electrons. The first-order valence-corrected chi connectivity index (χ1v) is 10.6. The minimum Gasteiger partial charge on any atom is -0.472 e. The summed E-state index contributed by atoms with van der Waals surface area (Å²) in [5.74, 6) is 2.37. The first-order valence-electron chi connectivity index (χ1n) is 10.6. The molecule has 27 heavy (non-hydrogen) atoms. The molecule has 7 atom stereocenters. The quantitative estimate of drug-likeness (QED) is 0.561. The molecule has 0 aromatic carbocycles. The van der Waals surface area contributed by atoms with Gasteiger partial charge in [-0.15, -0.1) is 0 Å². The van der Waals surface area contributed by atoms with Gasteiger partial charge in [-0.2, -0.15) is 0 Å². The Labute approximate surface area is 161 Å². The van der Waals surface area contributed by atoms with E-state index in [-0.39, 0.29) is 16.9 Å². The summed E-state index contributed by atoms with van der Waals surface area (Å²) in [5.41, 5.74) is 2.02. The molecule has 1 heterocycles. The van der Waals surface area contributed by atoms with Crippen molar-refractivity contribution >= 4 is 11.9 Å². The van der Waals surface area contributed by atoms with Crippen LogP contribution in [0.4, 0.5) is 0 Å². The molecule has 4 aliphatic rings. The maximum absolute atomic E-state index is 13.3. The van der Waals surface area contributed by atoms with E-state index in [2.05, 4.69) is 26.0 Å². The highest BCUT2D eigenvalue weighted by Crippen LogP contribution is 2.64. The van der Waals surface area contributed by atoms with Crippen molar-refractivity contribution in [3.8, 4) is 0 Å². The smallest absolute Gasteiger partial charge is 0.165 e. The maximum Gasteiger partial charge on any atom is 0.165 e. The van der Waals surface area contributed by atoms with Crippen LogP contribution in [0.5, 0.6) is 0 Å². The number of allylic oxidation sites excluding steroid dienone is 3. The lowest BCUT2D eigenvalue weighted by atomic mass is 9.47. The van der Waals surface area contributed by atoms with Crippen LogP contribution in [-0.2, 0) is 4.79 Å². The molecule has 1 N–H and O–H groups in total. The Hall–Kier alpha value is -1.61. The van der Waals surface area contributed by atoms with Gasteiger partial charge in [-0.25, -0.2) is 0 Å². The fourth-order valence-electron chi connectivity index (χ4n) is 6.96. The number of furan rings is 1. The molecule has 0 radical (unpaired) electrons. The second kappa shape index (κ2) is 5.94. The molecule has 5 rings (SSSR count). The van der Waals surface area contributed by atoms with Gasteiger partial charge < -0.3 is 9.52 Å². The Balaban J connectivity index is 1.49. The van der Waals surface area contributed by atoms with Crippen molar-refractivity contribution in [2.24, 2.45) is 34.5 Å². The van der Waals surface area contributed by atoms with Crippen molar-refractivity contribution in [2.45, 2.75) is 58.5 Å². The van der Waals surface area contributed by atoms with Crippen molar-refractivity contribution < 1.29 is 14.3 Å². The summed E-state index contributed by atoms with van der Waals surface area (Å²) in [5, 5.41) is 10.1. The summed E-state index contributed by atoms with van der Waals surface area (Å²) in [7, 11) is 0. The van der Waals surface area contributed by atoms with Crippen molar-refractivity contribution in [3.05, 3.63) is 41.9 Å². The fourth-order valence-corrected chi connectivity index (χ4v) is 6.96. The average molecular weight is 367 g/mol. The van der Waals surface area contributed by atoms with Crippen molar-refractivity contribution in [1.29, 1.82) is 0 Å². The minimum absolute atomic E-state index is 0.143. The zero-order valence-corrected chi connectivity index (χ0v) is 16.4. The number of ketones is 1. The largest absolute Gasteiger partial charge is 0.472 e. The van der Waals surface area contributed by atoms with Gasteiger partial charge in [0.15, 0.2) is 5.78 Å². The van der Waals surface area contributed by atoms with Gasteiger partial charge in [-0.05, 0) is 85.3 Å². The van der Waals surface area contributed by atoms with Gasteiger partial charge in [0.25, 0.3) is 0 Å². The molecule has 3 fully saturated rings. The van der Waals surface area contributed by atoms with E-state index in [1.807, 2.05) is 12.1 Å². The minimum atomic E-state index is -0.224. The third-order valence-electron chi connectivity index (χ3n) is 8.66. The van der Waals surface area contributed by atoms with Crippen LogP contribution in [0.2, 0.25) is 0 Å². The Morgan fingerprint density at radius 2 is 2.04 bits per heavy atom. The Bertz CT molecular complexity index is 804.